The van der Waals surface area contributed by atoms with E-state index in [1.807, 2.05) is 13.8 Å². The van der Waals surface area contributed by atoms with Gasteiger partial charge in [0.1, 0.15) is 0 Å². The maximum absolute atomic E-state index is 9.59. The van der Waals surface area contributed by atoms with Crippen LogP contribution in [0.5, 0.6) is 11.5 Å². The number of hydrogen-bond acceptors (Lipinski definition) is 5. The first kappa shape index (κ1) is 12.9. The minimum absolute atomic E-state index is 0.108. The standard InChI is InChI=1S/C13H16N4O2/c1-3-19-12-6-10(4-5-11(12)18)7-15-17-8-9(2)16-13(17)14/h4-8,18H,3H2,1-2H3,(H2,14,16). The second kappa shape index (κ2) is 5.43. The van der Waals surface area contributed by atoms with Crippen LogP contribution in [0.25, 0.3) is 0 Å². The van der Waals surface area contributed by atoms with Crippen molar-refractivity contribution < 1.29 is 9.84 Å². The topological polar surface area (TPSA) is 85.7 Å². The van der Waals surface area contributed by atoms with Crippen molar-refractivity contribution in [3.8, 4) is 11.5 Å². The summed E-state index contributed by atoms with van der Waals surface area (Å²) in [5.74, 6) is 0.871. The van der Waals surface area contributed by atoms with Crippen molar-refractivity contribution in [1.29, 1.82) is 0 Å². The van der Waals surface area contributed by atoms with Gasteiger partial charge in [0.15, 0.2) is 11.5 Å². The number of anilines is 1. The van der Waals surface area contributed by atoms with Crippen LogP contribution >= 0.6 is 0 Å². The fourth-order valence-corrected chi connectivity index (χ4v) is 1.61. The monoisotopic (exact) mass is 260 g/mol. The Bertz CT molecular complexity index is 605. The molecule has 1 heterocycles. The fraction of sp³-hybridized carbons (Fsp3) is 0.231. The Labute approximate surface area is 111 Å². The van der Waals surface area contributed by atoms with E-state index in [0.29, 0.717) is 18.3 Å². The van der Waals surface area contributed by atoms with Gasteiger partial charge >= 0.3 is 0 Å². The van der Waals surface area contributed by atoms with Gasteiger partial charge in [-0.05, 0) is 37.6 Å². The predicted octanol–water partition coefficient (Wildman–Crippen LogP) is 1.76. The zero-order valence-electron chi connectivity index (χ0n) is 10.9. The average molecular weight is 260 g/mol. The van der Waals surface area contributed by atoms with Gasteiger partial charge in [-0.25, -0.2) is 9.66 Å². The van der Waals surface area contributed by atoms with Crippen LogP contribution in [0.15, 0.2) is 29.5 Å². The average Bonchev–Trinajstić information content (AvgIpc) is 2.69. The normalized spacial score (nSPS) is 11.1. The third-order valence-electron chi connectivity index (χ3n) is 2.45. The van der Waals surface area contributed by atoms with Crippen molar-refractivity contribution in [1.82, 2.24) is 9.66 Å². The lowest BCUT2D eigenvalue weighted by molar-refractivity contribution is 0.318. The number of aryl methyl sites for hydroxylation is 1. The second-order valence-electron chi connectivity index (χ2n) is 3.99. The molecule has 0 bridgehead atoms. The van der Waals surface area contributed by atoms with Crippen LogP contribution in [-0.2, 0) is 0 Å². The van der Waals surface area contributed by atoms with Crippen LogP contribution < -0.4 is 10.5 Å². The molecule has 3 N–H and O–H groups in total. The molecule has 0 spiro atoms. The molecule has 2 rings (SSSR count). The van der Waals surface area contributed by atoms with E-state index in [2.05, 4.69) is 10.1 Å². The molecule has 0 saturated carbocycles. The number of phenolic OH excluding ortho intramolecular Hbond substituents is 1. The Morgan fingerprint density at radius 1 is 1.53 bits per heavy atom. The molecule has 6 nitrogen and oxygen atoms in total. The molecule has 0 atom stereocenters. The van der Waals surface area contributed by atoms with Crippen LogP contribution in [0.3, 0.4) is 0 Å². The minimum Gasteiger partial charge on any atom is -0.504 e. The summed E-state index contributed by atoms with van der Waals surface area (Å²) in [7, 11) is 0. The van der Waals surface area contributed by atoms with Crippen molar-refractivity contribution in [2.45, 2.75) is 13.8 Å². The highest BCUT2D eigenvalue weighted by atomic mass is 16.5. The van der Waals surface area contributed by atoms with E-state index in [1.165, 1.54) is 4.68 Å². The zero-order valence-corrected chi connectivity index (χ0v) is 10.9. The van der Waals surface area contributed by atoms with Crippen LogP contribution in [0, 0.1) is 6.92 Å². The van der Waals surface area contributed by atoms with E-state index in [4.69, 9.17) is 10.5 Å². The predicted molar refractivity (Wildman–Crippen MR) is 73.6 cm³/mol. The van der Waals surface area contributed by atoms with E-state index in [1.54, 1.807) is 30.6 Å². The first-order valence-corrected chi connectivity index (χ1v) is 5.91. The third kappa shape index (κ3) is 3.04. The minimum atomic E-state index is 0.108. The Balaban J connectivity index is 2.23. The Morgan fingerprint density at radius 2 is 2.32 bits per heavy atom. The summed E-state index contributed by atoms with van der Waals surface area (Å²) >= 11 is 0. The van der Waals surface area contributed by atoms with Crippen molar-refractivity contribution in [3.63, 3.8) is 0 Å². The largest absolute Gasteiger partial charge is 0.504 e. The lowest BCUT2D eigenvalue weighted by Crippen LogP contribution is -1.97. The molecule has 0 radical (unpaired) electrons. The molecule has 0 fully saturated rings. The number of rotatable bonds is 4. The van der Waals surface area contributed by atoms with E-state index < -0.39 is 0 Å². The number of imidazole rings is 1. The molecule has 1 aromatic heterocycles. The summed E-state index contributed by atoms with van der Waals surface area (Å²) in [6.45, 7) is 4.19. The van der Waals surface area contributed by atoms with Crippen LogP contribution in [-0.4, -0.2) is 27.6 Å². The molecule has 0 amide bonds. The van der Waals surface area contributed by atoms with E-state index in [0.717, 1.165) is 11.3 Å². The molecule has 100 valence electrons. The number of phenols is 1. The highest BCUT2D eigenvalue weighted by Crippen LogP contribution is 2.26. The van der Waals surface area contributed by atoms with E-state index in [-0.39, 0.29) is 5.75 Å². The Hall–Kier alpha value is -2.50. The van der Waals surface area contributed by atoms with E-state index >= 15 is 0 Å². The molecule has 1 aromatic carbocycles. The maximum atomic E-state index is 9.59. The summed E-state index contributed by atoms with van der Waals surface area (Å²) in [6, 6.07) is 5.01. The number of hydrogen-bond donors (Lipinski definition) is 2. The summed E-state index contributed by atoms with van der Waals surface area (Å²) in [6.07, 6.45) is 3.36. The second-order valence-corrected chi connectivity index (χ2v) is 3.99. The van der Waals surface area contributed by atoms with Gasteiger partial charge in [0.2, 0.25) is 5.95 Å². The smallest absolute Gasteiger partial charge is 0.221 e. The third-order valence-corrected chi connectivity index (χ3v) is 2.45. The van der Waals surface area contributed by atoms with Gasteiger partial charge in [0.05, 0.1) is 24.7 Å². The summed E-state index contributed by atoms with van der Waals surface area (Å²) in [5.41, 5.74) is 7.28. The van der Waals surface area contributed by atoms with Crippen molar-refractivity contribution in [3.05, 3.63) is 35.7 Å². The number of nitrogen functional groups attached to an aromatic ring is 1. The van der Waals surface area contributed by atoms with Gasteiger partial charge in [-0.15, -0.1) is 0 Å². The number of nitrogens with two attached hydrogens (primary N) is 1. The molecule has 0 aliphatic carbocycles. The van der Waals surface area contributed by atoms with Gasteiger partial charge in [0.25, 0.3) is 0 Å². The zero-order chi connectivity index (χ0) is 13.8. The molecule has 0 saturated heterocycles. The number of ether oxygens (including phenoxy) is 1. The molecular formula is C13H16N4O2. The number of aromatic nitrogens is 2. The SMILES string of the molecule is CCOc1cc(C=Nn2cc(C)nc2N)ccc1O. The molecule has 0 aliphatic heterocycles. The molecule has 0 unspecified atom stereocenters. The molecular weight excluding hydrogens is 244 g/mol. The van der Waals surface area contributed by atoms with Crippen molar-refractivity contribution >= 4 is 12.2 Å². The number of aromatic hydroxyl groups is 1. The summed E-state index contributed by atoms with van der Waals surface area (Å²) in [5, 5.41) is 13.8. The number of nitrogens with zero attached hydrogens (tertiary/aromatic N) is 3. The quantitative estimate of drug-likeness (QED) is 0.820. The first-order chi connectivity index (χ1) is 9.10. The van der Waals surface area contributed by atoms with E-state index in [9.17, 15) is 5.11 Å². The molecule has 2 aromatic rings. The highest BCUT2D eigenvalue weighted by Gasteiger charge is 2.03. The molecule has 6 heteroatoms. The number of benzene rings is 1. The Morgan fingerprint density at radius 3 is 2.95 bits per heavy atom. The van der Waals surface area contributed by atoms with Crippen molar-refractivity contribution in [2.75, 3.05) is 12.3 Å². The lowest BCUT2D eigenvalue weighted by Gasteiger charge is -2.05. The summed E-state index contributed by atoms with van der Waals surface area (Å²) < 4.78 is 6.79. The fourth-order valence-electron chi connectivity index (χ4n) is 1.61. The van der Waals surface area contributed by atoms with Crippen LogP contribution in [0.4, 0.5) is 5.95 Å². The maximum Gasteiger partial charge on any atom is 0.221 e. The van der Waals surface area contributed by atoms with Crippen LogP contribution in [0.2, 0.25) is 0 Å². The Kier molecular flexibility index (Phi) is 3.70. The molecule has 19 heavy (non-hydrogen) atoms. The summed E-state index contributed by atoms with van der Waals surface area (Å²) in [4.78, 5) is 4.05. The van der Waals surface area contributed by atoms with Gasteiger partial charge in [-0.1, -0.05) is 0 Å². The van der Waals surface area contributed by atoms with Gasteiger partial charge in [-0.2, -0.15) is 5.10 Å². The van der Waals surface area contributed by atoms with Crippen LogP contribution in [0.1, 0.15) is 18.2 Å². The lowest BCUT2D eigenvalue weighted by atomic mass is 10.2. The first-order valence-electron chi connectivity index (χ1n) is 5.91. The molecule has 0 aliphatic rings. The van der Waals surface area contributed by atoms with Crippen molar-refractivity contribution in [2.24, 2.45) is 5.10 Å². The van der Waals surface area contributed by atoms with Gasteiger partial charge in [0, 0.05) is 0 Å². The van der Waals surface area contributed by atoms with Gasteiger partial charge < -0.3 is 15.6 Å². The van der Waals surface area contributed by atoms with Gasteiger partial charge in [-0.3, -0.25) is 0 Å². The highest BCUT2D eigenvalue weighted by molar-refractivity contribution is 5.80.